The minimum absolute atomic E-state index is 0.225. The Kier molecular flexibility index (Phi) is 3.67. The van der Waals surface area contributed by atoms with Gasteiger partial charge in [0.15, 0.2) is 0 Å². The molecular weight excluding hydrogens is 178 g/mol. The Hall–Kier alpha value is -1.84. The predicted octanol–water partition coefficient (Wildman–Crippen LogP) is 0.616. The fourth-order valence-electron chi connectivity index (χ4n) is 0.852. The monoisotopic (exact) mass is 192 g/mol. The molecule has 74 valence electrons. The van der Waals surface area contributed by atoms with Crippen molar-refractivity contribution in [3.63, 3.8) is 0 Å². The first-order valence-corrected chi connectivity index (χ1v) is 4.26. The maximum atomic E-state index is 9.38. The number of hydrogen-bond donors (Lipinski definition) is 2. The van der Waals surface area contributed by atoms with Gasteiger partial charge in [-0.25, -0.2) is 0 Å². The van der Waals surface area contributed by atoms with Crippen LogP contribution in [0.1, 0.15) is 5.56 Å². The van der Waals surface area contributed by atoms with Gasteiger partial charge in [-0.05, 0) is 12.1 Å². The van der Waals surface area contributed by atoms with Crippen LogP contribution in [0.4, 0.5) is 0 Å². The third kappa shape index (κ3) is 3.26. The SMILES string of the molecule is C[N+](C)=CN/N=C\c1ccccc1O. The molecule has 0 radical (unpaired) electrons. The van der Waals surface area contributed by atoms with Gasteiger partial charge in [-0.2, -0.15) is 5.43 Å². The molecule has 0 heterocycles. The first-order chi connectivity index (χ1) is 6.70. The topological polar surface area (TPSA) is 47.6 Å². The van der Waals surface area contributed by atoms with Crippen molar-refractivity contribution >= 4 is 12.6 Å². The lowest BCUT2D eigenvalue weighted by Gasteiger charge is -1.94. The molecular formula is C10H14N3O+. The van der Waals surface area contributed by atoms with E-state index in [0.29, 0.717) is 5.56 Å². The molecule has 0 aromatic heterocycles. The van der Waals surface area contributed by atoms with E-state index in [1.54, 1.807) is 30.8 Å². The number of phenols is 1. The lowest BCUT2D eigenvalue weighted by atomic mass is 10.2. The first-order valence-electron chi connectivity index (χ1n) is 4.26. The van der Waals surface area contributed by atoms with Gasteiger partial charge in [0, 0.05) is 5.56 Å². The zero-order chi connectivity index (χ0) is 10.4. The molecule has 14 heavy (non-hydrogen) atoms. The van der Waals surface area contributed by atoms with E-state index in [2.05, 4.69) is 10.5 Å². The van der Waals surface area contributed by atoms with Crippen LogP contribution in [0, 0.1) is 0 Å². The fourth-order valence-corrected chi connectivity index (χ4v) is 0.852. The number of phenolic OH excluding ortho intramolecular Hbond substituents is 1. The van der Waals surface area contributed by atoms with Gasteiger partial charge in [0.25, 0.3) is 6.34 Å². The van der Waals surface area contributed by atoms with E-state index in [1.165, 1.54) is 0 Å². The minimum atomic E-state index is 0.225. The summed E-state index contributed by atoms with van der Waals surface area (Å²) in [5.41, 5.74) is 3.41. The van der Waals surface area contributed by atoms with Gasteiger partial charge in [0.05, 0.1) is 20.3 Å². The summed E-state index contributed by atoms with van der Waals surface area (Å²) in [7, 11) is 3.78. The largest absolute Gasteiger partial charge is 0.507 e. The van der Waals surface area contributed by atoms with E-state index in [1.807, 2.05) is 24.7 Å². The molecule has 0 spiro atoms. The van der Waals surface area contributed by atoms with Crippen molar-refractivity contribution in [1.29, 1.82) is 0 Å². The molecule has 0 atom stereocenters. The summed E-state index contributed by atoms with van der Waals surface area (Å²) in [6, 6.07) is 7.02. The van der Waals surface area contributed by atoms with Gasteiger partial charge in [0.1, 0.15) is 5.75 Å². The molecule has 0 aliphatic rings. The van der Waals surface area contributed by atoms with Crippen LogP contribution in [0.15, 0.2) is 29.4 Å². The highest BCUT2D eigenvalue weighted by Gasteiger charge is 1.94. The number of hydrazone groups is 1. The van der Waals surface area contributed by atoms with Crippen molar-refractivity contribution in [3.8, 4) is 5.75 Å². The van der Waals surface area contributed by atoms with Crippen LogP contribution in [0.25, 0.3) is 0 Å². The number of nitrogens with zero attached hydrogens (tertiary/aromatic N) is 2. The third-order valence-corrected chi connectivity index (χ3v) is 1.53. The van der Waals surface area contributed by atoms with Crippen LogP contribution in [0.3, 0.4) is 0 Å². The van der Waals surface area contributed by atoms with E-state index in [0.717, 1.165) is 0 Å². The smallest absolute Gasteiger partial charge is 0.256 e. The van der Waals surface area contributed by atoms with E-state index in [4.69, 9.17) is 0 Å². The number of benzene rings is 1. The van der Waals surface area contributed by atoms with Crippen molar-refractivity contribution in [2.45, 2.75) is 0 Å². The zero-order valence-corrected chi connectivity index (χ0v) is 8.31. The normalized spacial score (nSPS) is 10.1. The van der Waals surface area contributed by atoms with Crippen LogP contribution in [-0.2, 0) is 0 Å². The highest BCUT2D eigenvalue weighted by Crippen LogP contribution is 2.12. The van der Waals surface area contributed by atoms with Gasteiger partial charge in [-0.3, -0.25) is 4.58 Å². The van der Waals surface area contributed by atoms with Crippen molar-refractivity contribution in [2.24, 2.45) is 5.10 Å². The number of hydrogen-bond acceptors (Lipinski definition) is 2. The van der Waals surface area contributed by atoms with E-state index in [9.17, 15) is 5.11 Å². The van der Waals surface area contributed by atoms with Crippen LogP contribution in [0.2, 0.25) is 0 Å². The van der Waals surface area contributed by atoms with Crippen molar-refractivity contribution in [1.82, 2.24) is 5.43 Å². The fraction of sp³-hybridized carbons (Fsp3) is 0.200. The van der Waals surface area contributed by atoms with Crippen LogP contribution < -0.4 is 5.43 Å². The molecule has 0 fully saturated rings. The lowest BCUT2D eigenvalue weighted by Crippen LogP contribution is -2.11. The third-order valence-electron chi connectivity index (χ3n) is 1.53. The van der Waals surface area contributed by atoms with E-state index in [-0.39, 0.29) is 5.75 Å². The Morgan fingerprint density at radius 1 is 1.36 bits per heavy atom. The second-order valence-electron chi connectivity index (χ2n) is 3.04. The molecule has 1 rings (SSSR count). The second kappa shape index (κ2) is 5.01. The number of para-hydroxylation sites is 1. The molecule has 4 nitrogen and oxygen atoms in total. The van der Waals surface area contributed by atoms with Gasteiger partial charge in [0.2, 0.25) is 0 Å². The Bertz CT molecular complexity index is 354. The summed E-state index contributed by atoms with van der Waals surface area (Å²) < 4.78 is 1.84. The first kappa shape index (κ1) is 10.2. The molecule has 1 aromatic rings. The summed E-state index contributed by atoms with van der Waals surface area (Å²) in [5, 5.41) is 13.3. The van der Waals surface area contributed by atoms with Crippen LogP contribution >= 0.6 is 0 Å². The van der Waals surface area contributed by atoms with Gasteiger partial charge in [-0.1, -0.05) is 17.2 Å². The van der Waals surface area contributed by atoms with E-state index >= 15 is 0 Å². The maximum Gasteiger partial charge on any atom is 0.256 e. The molecule has 0 aliphatic carbocycles. The average molecular weight is 192 g/mol. The van der Waals surface area contributed by atoms with Crippen LogP contribution in [-0.4, -0.2) is 36.3 Å². The predicted molar refractivity (Wildman–Crippen MR) is 57.0 cm³/mol. The van der Waals surface area contributed by atoms with Crippen molar-refractivity contribution in [3.05, 3.63) is 29.8 Å². The Balaban J connectivity index is 2.61. The summed E-state index contributed by atoms with van der Waals surface area (Å²) in [5.74, 6) is 0.225. The molecule has 0 unspecified atom stereocenters. The summed E-state index contributed by atoms with van der Waals surface area (Å²) in [4.78, 5) is 0. The summed E-state index contributed by atoms with van der Waals surface area (Å²) in [6.45, 7) is 0. The van der Waals surface area contributed by atoms with Crippen LogP contribution in [0.5, 0.6) is 5.75 Å². The molecule has 1 aromatic carbocycles. The minimum Gasteiger partial charge on any atom is -0.507 e. The highest BCUT2D eigenvalue weighted by atomic mass is 16.3. The van der Waals surface area contributed by atoms with Gasteiger partial charge in [-0.15, -0.1) is 0 Å². The second-order valence-corrected chi connectivity index (χ2v) is 3.04. The Morgan fingerprint density at radius 3 is 2.71 bits per heavy atom. The molecule has 4 heteroatoms. The molecule has 2 N–H and O–H groups in total. The highest BCUT2D eigenvalue weighted by molar-refractivity contribution is 5.83. The maximum absolute atomic E-state index is 9.38. The number of nitrogens with one attached hydrogen (secondary N) is 1. The zero-order valence-electron chi connectivity index (χ0n) is 8.31. The average Bonchev–Trinajstić information content (AvgIpc) is 2.15. The Morgan fingerprint density at radius 2 is 2.07 bits per heavy atom. The molecule has 0 aliphatic heterocycles. The van der Waals surface area contributed by atoms with Gasteiger partial charge < -0.3 is 5.11 Å². The molecule has 0 saturated heterocycles. The Labute approximate surface area is 83.2 Å². The van der Waals surface area contributed by atoms with E-state index < -0.39 is 0 Å². The van der Waals surface area contributed by atoms with Crippen molar-refractivity contribution in [2.75, 3.05) is 14.1 Å². The molecule has 0 amide bonds. The number of aromatic hydroxyl groups is 1. The summed E-state index contributed by atoms with van der Waals surface area (Å²) in [6.07, 6.45) is 3.27. The lowest BCUT2D eigenvalue weighted by molar-refractivity contribution is -0.461. The summed E-state index contributed by atoms with van der Waals surface area (Å²) >= 11 is 0. The van der Waals surface area contributed by atoms with Gasteiger partial charge >= 0.3 is 0 Å². The molecule has 0 bridgehead atoms. The molecule has 0 saturated carbocycles. The number of rotatable bonds is 3. The standard InChI is InChI=1S/C10H13N3O/c1-13(2)8-12-11-7-9-5-3-4-6-10(9)14/h3-8H,1-2H3,(H,11,14)/p+1. The quantitative estimate of drug-likeness (QED) is 0.319. The van der Waals surface area contributed by atoms with Crippen molar-refractivity contribution < 1.29 is 9.68 Å².